The molecule has 1 atom stereocenters. The molecule has 2 rings (SSSR count). The van der Waals surface area contributed by atoms with Gasteiger partial charge in [-0.25, -0.2) is 13.2 Å². The first-order chi connectivity index (χ1) is 11.7. The Labute approximate surface area is 147 Å². The highest BCUT2D eigenvalue weighted by molar-refractivity contribution is 7.91. The van der Waals surface area contributed by atoms with Gasteiger partial charge in [-0.2, -0.15) is 0 Å². The first-order valence-electron chi connectivity index (χ1n) is 8.14. The van der Waals surface area contributed by atoms with Crippen LogP contribution >= 0.6 is 0 Å². The van der Waals surface area contributed by atoms with Crippen molar-refractivity contribution in [2.45, 2.75) is 26.3 Å². The van der Waals surface area contributed by atoms with E-state index in [1.54, 1.807) is 12.1 Å². The van der Waals surface area contributed by atoms with Crippen molar-refractivity contribution < 1.29 is 27.9 Å². The molecule has 0 unspecified atom stereocenters. The van der Waals surface area contributed by atoms with Crippen molar-refractivity contribution in [1.29, 1.82) is 0 Å². The van der Waals surface area contributed by atoms with Crippen LogP contribution in [0.15, 0.2) is 24.3 Å². The van der Waals surface area contributed by atoms with Gasteiger partial charge in [-0.05, 0) is 24.5 Å². The Bertz CT molecular complexity index is 743. The maximum atomic E-state index is 12.5. The van der Waals surface area contributed by atoms with Crippen LogP contribution in [0.1, 0.15) is 30.6 Å². The summed E-state index contributed by atoms with van der Waals surface area (Å²) in [6, 6.07) is 5.52. The topological polar surface area (TPSA) is 101 Å². The molecule has 7 nitrogen and oxygen atoms in total. The van der Waals surface area contributed by atoms with Gasteiger partial charge in [0.1, 0.15) is 11.3 Å². The van der Waals surface area contributed by atoms with Crippen LogP contribution < -0.4 is 0 Å². The number of rotatable bonds is 6. The fraction of sp³-hybridized carbons (Fsp3) is 0.529. The number of sulfone groups is 1. The van der Waals surface area contributed by atoms with E-state index in [-0.39, 0.29) is 34.8 Å². The number of phenolic OH excluding ortho intramolecular Hbond substituents is 1. The van der Waals surface area contributed by atoms with Gasteiger partial charge < -0.3 is 14.7 Å². The zero-order chi connectivity index (χ0) is 18.6. The van der Waals surface area contributed by atoms with Gasteiger partial charge >= 0.3 is 5.97 Å². The number of carbonyl (C=O) groups is 2. The lowest BCUT2D eigenvalue weighted by molar-refractivity contribution is -0.137. The molecule has 0 saturated carbocycles. The lowest BCUT2D eigenvalue weighted by Gasteiger charge is -2.29. The van der Waals surface area contributed by atoms with Crippen molar-refractivity contribution in [2.75, 3.05) is 24.7 Å². The number of aromatic hydroxyl groups is 1. The van der Waals surface area contributed by atoms with Gasteiger partial charge in [0, 0.05) is 12.6 Å². The van der Waals surface area contributed by atoms with Crippen LogP contribution in [-0.2, 0) is 19.4 Å². The summed E-state index contributed by atoms with van der Waals surface area (Å²) in [4.78, 5) is 26.0. The number of hydrogen-bond donors (Lipinski definition) is 1. The Morgan fingerprint density at radius 1 is 1.32 bits per heavy atom. The minimum Gasteiger partial charge on any atom is -0.507 e. The summed E-state index contributed by atoms with van der Waals surface area (Å²) in [5.41, 5.74) is -0.0193. The zero-order valence-corrected chi connectivity index (χ0v) is 15.2. The molecular formula is C17H23NO6S. The number of phenols is 1. The van der Waals surface area contributed by atoms with Crippen LogP contribution in [0, 0.1) is 5.92 Å². The Kier molecular flexibility index (Phi) is 6.05. The van der Waals surface area contributed by atoms with Crippen molar-refractivity contribution in [3.8, 4) is 5.75 Å². The summed E-state index contributed by atoms with van der Waals surface area (Å²) in [6.07, 6.45) is 0.397. The molecule has 0 bridgehead atoms. The van der Waals surface area contributed by atoms with E-state index < -0.39 is 28.3 Å². The molecule has 1 N–H and O–H groups in total. The van der Waals surface area contributed by atoms with E-state index in [0.29, 0.717) is 13.0 Å². The smallest absolute Gasteiger partial charge is 0.342 e. The monoisotopic (exact) mass is 369 g/mol. The van der Waals surface area contributed by atoms with E-state index in [2.05, 4.69) is 0 Å². The third-order valence-electron chi connectivity index (χ3n) is 3.98. The minimum absolute atomic E-state index is 0.0193. The molecule has 25 heavy (non-hydrogen) atoms. The standard InChI is InChI=1S/C17H23NO6S/c1-12(2)9-18(13-7-8-25(22,23)11-13)16(20)10-24-17(21)14-5-3-4-6-15(14)19/h3-6,12-13,19H,7-11H2,1-2H3/t13-/m1/s1. The molecule has 0 spiro atoms. The van der Waals surface area contributed by atoms with Crippen molar-refractivity contribution >= 4 is 21.7 Å². The summed E-state index contributed by atoms with van der Waals surface area (Å²) in [7, 11) is -3.12. The summed E-state index contributed by atoms with van der Waals surface area (Å²) in [6.45, 7) is 3.76. The third kappa shape index (κ3) is 5.19. The summed E-state index contributed by atoms with van der Waals surface area (Å²) in [5, 5.41) is 9.64. The Morgan fingerprint density at radius 2 is 2.00 bits per heavy atom. The number of hydrogen-bond acceptors (Lipinski definition) is 6. The molecule has 138 valence electrons. The van der Waals surface area contributed by atoms with Crippen LogP contribution in [0.2, 0.25) is 0 Å². The molecule has 8 heteroatoms. The summed E-state index contributed by atoms with van der Waals surface area (Å²) >= 11 is 0. The van der Waals surface area contributed by atoms with Crippen molar-refractivity contribution in [3.63, 3.8) is 0 Å². The van der Waals surface area contributed by atoms with Crippen molar-refractivity contribution in [2.24, 2.45) is 5.92 Å². The average molecular weight is 369 g/mol. The fourth-order valence-corrected chi connectivity index (χ4v) is 4.53. The lowest BCUT2D eigenvalue weighted by atomic mass is 10.1. The molecule has 0 aromatic heterocycles. The highest BCUT2D eigenvalue weighted by Gasteiger charge is 2.35. The SMILES string of the molecule is CC(C)CN(C(=O)COC(=O)c1ccccc1O)[C@@H]1CCS(=O)(=O)C1. The van der Waals surface area contributed by atoms with E-state index >= 15 is 0 Å². The summed E-state index contributed by atoms with van der Waals surface area (Å²) in [5.74, 6) is -1.28. The van der Waals surface area contributed by atoms with Crippen LogP contribution in [0.3, 0.4) is 0 Å². The van der Waals surface area contributed by atoms with Crippen LogP contribution in [-0.4, -0.2) is 61.0 Å². The first-order valence-corrected chi connectivity index (χ1v) is 9.97. The summed E-state index contributed by atoms with van der Waals surface area (Å²) < 4.78 is 28.4. The number of amides is 1. The number of nitrogens with zero attached hydrogens (tertiary/aromatic N) is 1. The number of ether oxygens (including phenoxy) is 1. The number of para-hydroxylation sites is 1. The predicted molar refractivity (Wildman–Crippen MR) is 92.0 cm³/mol. The number of carbonyl (C=O) groups excluding carboxylic acids is 2. The second-order valence-corrected chi connectivity index (χ2v) is 8.82. The maximum absolute atomic E-state index is 12.5. The molecule has 1 amide bonds. The maximum Gasteiger partial charge on any atom is 0.342 e. The van der Waals surface area contributed by atoms with E-state index in [1.807, 2.05) is 13.8 Å². The molecule has 1 aromatic carbocycles. The Balaban J connectivity index is 2.02. The van der Waals surface area contributed by atoms with Gasteiger partial charge in [-0.3, -0.25) is 4.79 Å². The van der Waals surface area contributed by atoms with Gasteiger partial charge in [0.2, 0.25) is 0 Å². The van der Waals surface area contributed by atoms with Gasteiger partial charge in [-0.1, -0.05) is 26.0 Å². The molecule has 0 radical (unpaired) electrons. The van der Waals surface area contributed by atoms with Gasteiger partial charge in [0.05, 0.1) is 11.5 Å². The Hall–Kier alpha value is -2.09. The van der Waals surface area contributed by atoms with Crippen molar-refractivity contribution in [3.05, 3.63) is 29.8 Å². The van der Waals surface area contributed by atoms with Crippen LogP contribution in [0.5, 0.6) is 5.75 Å². The molecule has 1 aliphatic heterocycles. The van der Waals surface area contributed by atoms with Crippen LogP contribution in [0.25, 0.3) is 0 Å². The number of esters is 1. The molecule has 1 heterocycles. The molecule has 1 saturated heterocycles. The predicted octanol–water partition coefficient (Wildman–Crippen LogP) is 1.22. The first kappa shape index (κ1) is 19.2. The minimum atomic E-state index is -3.12. The molecule has 1 aromatic rings. The fourth-order valence-electron chi connectivity index (χ4n) is 2.80. The second kappa shape index (κ2) is 7.86. The van der Waals surface area contributed by atoms with Crippen LogP contribution in [0.4, 0.5) is 0 Å². The van der Waals surface area contributed by atoms with Gasteiger partial charge in [0.15, 0.2) is 16.4 Å². The van der Waals surface area contributed by atoms with Gasteiger partial charge in [-0.15, -0.1) is 0 Å². The van der Waals surface area contributed by atoms with E-state index in [9.17, 15) is 23.1 Å². The zero-order valence-electron chi connectivity index (χ0n) is 14.3. The van der Waals surface area contributed by atoms with E-state index in [1.165, 1.54) is 17.0 Å². The Morgan fingerprint density at radius 3 is 2.56 bits per heavy atom. The second-order valence-electron chi connectivity index (χ2n) is 6.59. The average Bonchev–Trinajstić information content (AvgIpc) is 2.90. The third-order valence-corrected chi connectivity index (χ3v) is 5.73. The molecule has 0 aliphatic carbocycles. The van der Waals surface area contributed by atoms with Crippen molar-refractivity contribution in [1.82, 2.24) is 4.90 Å². The normalized spacial score (nSPS) is 18.9. The molecule has 1 aliphatic rings. The largest absolute Gasteiger partial charge is 0.507 e. The number of benzene rings is 1. The molecular weight excluding hydrogens is 346 g/mol. The highest BCUT2D eigenvalue weighted by Crippen LogP contribution is 2.20. The highest BCUT2D eigenvalue weighted by atomic mass is 32.2. The van der Waals surface area contributed by atoms with E-state index in [4.69, 9.17) is 4.74 Å². The lowest BCUT2D eigenvalue weighted by Crippen LogP contribution is -2.45. The van der Waals surface area contributed by atoms with E-state index in [0.717, 1.165) is 0 Å². The van der Waals surface area contributed by atoms with Gasteiger partial charge in [0.25, 0.3) is 5.91 Å². The molecule has 1 fully saturated rings. The quantitative estimate of drug-likeness (QED) is 0.757.